The Morgan fingerprint density at radius 1 is 0.390 bits per heavy atom. The second kappa shape index (κ2) is 13.0. The van der Waals surface area contributed by atoms with E-state index in [1.54, 1.807) is 0 Å². The summed E-state index contributed by atoms with van der Waals surface area (Å²) in [5.74, 6) is 3.35. The molecule has 0 aliphatic rings. The molecular weight excluding hydrogens is 541 g/mol. The lowest BCUT2D eigenvalue weighted by Gasteiger charge is -2.43. The topological polar surface area (TPSA) is 36.9 Å². The van der Waals surface area contributed by atoms with Crippen LogP contribution in [0.3, 0.4) is 0 Å². The number of hydrogen-bond donors (Lipinski definition) is 0. The van der Waals surface area contributed by atoms with Gasteiger partial charge in [0.15, 0.2) is 0 Å². The van der Waals surface area contributed by atoms with Gasteiger partial charge >= 0.3 is 17.1 Å². The zero-order chi connectivity index (χ0) is 29.4. The predicted octanol–water partition coefficient (Wildman–Crippen LogP) is 10.2. The summed E-state index contributed by atoms with van der Waals surface area (Å²) in [7, 11) is -5.82. The molecule has 0 spiro atoms. The van der Waals surface area contributed by atoms with Gasteiger partial charge in [0, 0.05) is 22.2 Å². The van der Waals surface area contributed by atoms with E-state index in [-0.39, 0.29) is 10.1 Å². The van der Waals surface area contributed by atoms with Crippen LogP contribution < -0.4 is 17.7 Å². The van der Waals surface area contributed by atoms with Crippen molar-refractivity contribution < 1.29 is 17.7 Å². The molecule has 4 rings (SSSR count). The van der Waals surface area contributed by atoms with E-state index in [0.29, 0.717) is 0 Å². The van der Waals surface area contributed by atoms with Gasteiger partial charge < -0.3 is 17.7 Å². The van der Waals surface area contributed by atoms with E-state index in [1.807, 2.05) is 121 Å². The molecule has 4 aromatic rings. The summed E-state index contributed by atoms with van der Waals surface area (Å²) in [6.45, 7) is 13.4. The van der Waals surface area contributed by atoms with E-state index in [0.717, 1.165) is 41.5 Å². The van der Waals surface area contributed by atoms with Crippen molar-refractivity contribution in [2.24, 2.45) is 0 Å². The van der Waals surface area contributed by atoms with Crippen LogP contribution in [0.15, 0.2) is 121 Å². The summed E-state index contributed by atoms with van der Waals surface area (Å²) in [5, 5.41) is -0.434. The maximum absolute atomic E-state index is 6.96. The number of benzene rings is 4. The first-order valence-electron chi connectivity index (χ1n) is 14.5. The lowest BCUT2D eigenvalue weighted by Crippen LogP contribution is -2.58. The summed E-state index contributed by atoms with van der Waals surface area (Å²) < 4.78 is 27.8. The molecule has 0 fully saturated rings. The van der Waals surface area contributed by atoms with Crippen molar-refractivity contribution in [1.29, 1.82) is 0 Å². The average molecular weight is 585 g/mol. The molecule has 4 aromatic carbocycles. The summed E-state index contributed by atoms with van der Waals surface area (Å²) in [6, 6.07) is 41.9. The molecule has 0 aliphatic heterocycles. The van der Waals surface area contributed by atoms with E-state index >= 15 is 0 Å². The second-order valence-corrected chi connectivity index (χ2v) is 20.3. The molecule has 4 nitrogen and oxygen atoms in total. The van der Waals surface area contributed by atoms with Crippen LogP contribution >= 0.6 is 0 Å². The summed E-state index contributed by atoms with van der Waals surface area (Å²) >= 11 is 0. The van der Waals surface area contributed by atoms with E-state index < -0.39 is 17.1 Å². The van der Waals surface area contributed by atoms with Gasteiger partial charge in [0.25, 0.3) is 0 Å². The molecule has 6 heteroatoms. The van der Waals surface area contributed by atoms with Gasteiger partial charge in [-0.1, -0.05) is 114 Å². The molecule has 0 saturated carbocycles. The van der Waals surface area contributed by atoms with Crippen LogP contribution in [0, 0.1) is 0 Å². The molecule has 0 aliphatic carbocycles. The Hall–Kier alpha value is -3.49. The van der Waals surface area contributed by atoms with Crippen molar-refractivity contribution >= 4 is 17.1 Å². The van der Waals surface area contributed by atoms with Crippen molar-refractivity contribution in [2.45, 2.75) is 70.1 Å². The van der Waals surface area contributed by atoms with Gasteiger partial charge in [-0.2, -0.15) is 0 Å². The molecule has 0 unspecified atom stereocenters. The molecular formula is C35H44O4Si2. The lowest BCUT2D eigenvalue weighted by molar-refractivity contribution is 0.322. The third kappa shape index (κ3) is 7.83. The van der Waals surface area contributed by atoms with Crippen molar-refractivity contribution in [3.63, 3.8) is 0 Å². The van der Waals surface area contributed by atoms with Gasteiger partial charge in [-0.25, -0.2) is 0 Å². The average Bonchev–Trinajstić information content (AvgIpc) is 2.94. The minimum atomic E-state index is -2.91. The molecule has 0 amide bonds. The fourth-order valence-electron chi connectivity index (χ4n) is 4.88. The Morgan fingerprint density at radius 3 is 0.805 bits per heavy atom. The highest BCUT2D eigenvalue weighted by Crippen LogP contribution is 2.46. The number of para-hydroxylation sites is 4. The molecule has 216 valence electrons. The number of rotatable bonds is 12. The first-order valence-corrected chi connectivity index (χ1v) is 18.5. The maximum atomic E-state index is 6.96. The van der Waals surface area contributed by atoms with Crippen molar-refractivity contribution in [1.82, 2.24) is 0 Å². The first kappa shape index (κ1) is 30.5. The number of hydrogen-bond acceptors (Lipinski definition) is 4. The van der Waals surface area contributed by atoms with Gasteiger partial charge in [0.05, 0.1) is 0 Å². The van der Waals surface area contributed by atoms with Gasteiger partial charge in [0.2, 0.25) is 0 Å². The molecule has 0 aromatic heterocycles. The maximum Gasteiger partial charge on any atom is 0.466 e. The predicted molar refractivity (Wildman–Crippen MR) is 173 cm³/mol. The molecule has 0 N–H and O–H groups in total. The van der Waals surface area contributed by atoms with Crippen LogP contribution in [0.2, 0.25) is 22.2 Å². The van der Waals surface area contributed by atoms with Gasteiger partial charge in [-0.3, -0.25) is 0 Å². The smallest absolute Gasteiger partial charge is 0.466 e. The Kier molecular flexibility index (Phi) is 9.66. The SMILES string of the molecule is CC(C)(C)[Si](CCC[Si](Oc1ccccc1)(Oc1ccccc1)C(C)(C)C)(Oc1ccccc1)Oc1ccccc1. The molecule has 0 heterocycles. The van der Waals surface area contributed by atoms with Crippen LogP contribution in [0.4, 0.5) is 0 Å². The Morgan fingerprint density at radius 2 is 0.610 bits per heavy atom. The monoisotopic (exact) mass is 584 g/mol. The summed E-state index contributed by atoms with van der Waals surface area (Å²) in [4.78, 5) is 0. The molecule has 0 atom stereocenters. The highest BCUT2D eigenvalue weighted by atomic mass is 28.4. The van der Waals surface area contributed by atoms with Gasteiger partial charge in [-0.05, 0) is 55.0 Å². The zero-order valence-corrected chi connectivity index (χ0v) is 27.3. The molecule has 0 radical (unpaired) electrons. The van der Waals surface area contributed by atoms with E-state index in [9.17, 15) is 0 Å². The fraction of sp³-hybridized carbons (Fsp3) is 0.314. The van der Waals surface area contributed by atoms with Crippen molar-refractivity contribution in [3.8, 4) is 23.0 Å². The van der Waals surface area contributed by atoms with Crippen LogP contribution in [-0.2, 0) is 0 Å². The highest BCUT2D eigenvalue weighted by molar-refractivity contribution is 6.73. The minimum absolute atomic E-state index is 0.217. The summed E-state index contributed by atoms with van der Waals surface area (Å²) in [6.07, 6.45) is 0.840. The first-order chi connectivity index (χ1) is 19.5. The van der Waals surface area contributed by atoms with Gasteiger partial charge in [-0.15, -0.1) is 0 Å². The molecule has 0 bridgehead atoms. The molecule has 41 heavy (non-hydrogen) atoms. The quantitative estimate of drug-likeness (QED) is 0.155. The highest BCUT2D eigenvalue weighted by Gasteiger charge is 2.57. The van der Waals surface area contributed by atoms with Crippen molar-refractivity contribution in [2.75, 3.05) is 0 Å². The third-order valence-corrected chi connectivity index (χ3v) is 16.3. The van der Waals surface area contributed by atoms with Gasteiger partial charge in [0.1, 0.15) is 23.0 Å². The van der Waals surface area contributed by atoms with E-state index in [1.165, 1.54) is 0 Å². The lowest BCUT2D eigenvalue weighted by atomic mass is 10.2. The normalized spacial score (nSPS) is 12.4. The minimum Gasteiger partial charge on any atom is -0.512 e. The standard InChI is InChI=1S/C35H44O4Si2/c1-34(2,3)40(36-30-20-11-7-12-21-30,37-31-22-13-8-14-23-31)28-19-29-41(35(4,5)6,38-32-24-15-9-16-25-32)39-33-26-17-10-18-27-33/h7-18,20-27H,19,28-29H2,1-6H3. The summed E-state index contributed by atoms with van der Waals surface area (Å²) in [5.41, 5.74) is 0. The van der Waals surface area contributed by atoms with E-state index in [4.69, 9.17) is 17.7 Å². The van der Waals surface area contributed by atoms with Crippen LogP contribution in [-0.4, -0.2) is 17.1 Å². The van der Waals surface area contributed by atoms with Crippen molar-refractivity contribution in [3.05, 3.63) is 121 Å². The molecule has 0 saturated heterocycles. The second-order valence-electron chi connectivity index (χ2n) is 12.5. The van der Waals surface area contributed by atoms with Crippen LogP contribution in [0.25, 0.3) is 0 Å². The van der Waals surface area contributed by atoms with Crippen LogP contribution in [0.1, 0.15) is 48.0 Å². The van der Waals surface area contributed by atoms with E-state index in [2.05, 4.69) is 41.5 Å². The largest absolute Gasteiger partial charge is 0.512 e. The fourth-order valence-corrected chi connectivity index (χ4v) is 11.8. The van der Waals surface area contributed by atoms with Crippen LogP contribution in [0.5, 0.6) is 23.0 Å². The third-order valence-electron chi connectivity index (χ3n) is 7.40. The zero-order valence-electron chi connectivity index (χ0n) is 25.3. The Bertz CT molecular complexity index is 1130. The Labute approximate surface area is 248 Å². The Balaban J connectivity index is 1.70.